The van der Waals surface area contributed by atoms with Crippen molar-refractivity contribution in [1.82, 2.24) is 4.98 Å². The molecule has 17 heavy (non-hydrogen) atoms. The van der Waals surface area contributed by atoms with Crippen LogP contribution in [-0.2, 0) is 0 Å². The summed E-state index contributed by atoms with van der Waals surface area (Å²) in [4.78, 5) is 8.02. The fourth-order valence-corrected chi connectivity index (χ4v) is 3.09. The van der Waals surface area contributed by atoms with E-state index >= 15 is 0 Å². The molecule has 0 saturated carbocycles. The molecule has 88 valence electrons. The minimum Gasteiger partial charge on any atom is -0.372 e. The molecule has 0 amide bonds. The van der Waals surface area contributed by atoms with Crippen molar-refractivity contribution in [2.24, 2.45) is 0 Å². The topological polar surface area (TPSA) is 16.1 Å². The van der Waals surface area contributed by atoms with E-state index in [9.17, 15) is 0 Å². The Morgan fingerprint density at radius 1 is 1.12 bits per heavy atom. The van der Waals surface area contributed by atoms with Gasteiger partial charge in [-0.2, -0.15) is 0 Å². The lowest BCUT2D eigenvalue weighted by Gasteiger charge is -2.17. The third-order valence-electron chi connectivity index (χ3n) is 3.24. The Morgan fingerprint density at radius 3 is 2.41 bits per heavy atom. The molecule has 1 aliphatic rings. The predicted octanol–water partition coefficient (Wildman–Crippen LogP) is 3.72. The van der Waals surface area contributed by atoms with Gasteiger partial charge in [-0.1, -0.05) is 12.1 Å². The summed E-state index contributed by atoms with van der Waals surface area (Å²) in [5.41, 5.74) is 2.63. The van der Waals surface area contributed by atoms with E-state index in [2.05, 4.69) is 34.1 Å². The molecule has 1 aliphatic heterocycles. The summed E-state index contributed by atoms with van der Waals surface area (Å²) >= 11 is 1.75. The van der Waals surface area contributed by atoms with Crippen LogP contribution in [0.15, 0.2) is 30.5 Å². The van der Waals surface area contributed by atoms with Crippen LogP contribution in [0.25, 0.3) is 10.4 Å². The second kappa shape index (κ2) is 4.49. The summed E-state index contributed by atoms with van der Waals surface area (Å²) in [6.45, 7) is 4.46. The number of aryl methyl sites for hydroxylation is 1. The second-order valence-electron chi connectivity index (χ2n) is 4.48. The van der Waals surface area contributed by atoms with Crippen molar-refractivity contribution in [2.45, 2.75) is 19.8 Å². The Hall–Kier alpha value is -1.35. The average Bonchev–Trinajstić information content (AvgIpc) is 3.00. The fourth-order valence-electron chi connectivity index (χ4n) is 2.31. The van der Waals surface area contributed by atoms with E-state index in [-0.39, 0.29) is 0 Å². The van der Waals surface area contributed by atoms with Crippen molar-refractivity contribution in [3.05, 3.63) is 35.5 Å². The van der Waals surface area contributed by atoms with Crippen LogP contribution >= 0.6 is 11.3 Å². The highest BCUT2D eigenvalue weighted by Crippen LogP contribution is 2.28. The van der Waals surface area contributed by atoms with E-state index in [0.717, 1.165) is 5.01 Å². The van der Waals surface area contributed by atoms with Gasteiger partial charge >= 0.3 is 0 Å². The van der Waals surface area contributed by atoms with Gasteiger partial charge in [0, 0.05) is 25.0 Å². The Morgan fingerprint density at radius 2 is 1.82 bits per heavy atom. The molecule has 0 spiro atoms. The molecular weight excluding hydrogens is 228 g/mol. The van der Waals surface area contributed by atoms with Crippen molar-refractivity contribution < 1.29 is 0 Å². The normalized spacial score (nSPS) is 15.5. The van der Waals surface area contributed by atoms with Gasteiger partial charge in [0.15, 0.2) is 0 Å². The van der Waals surface area contributed by atoms with Crippen LogP contribution in [0.1, 0.15) is 17.8 Å². The van der Waals surface area contributed by atoms with Gasteiger partial charge in [0.25, 0.3) is 0 Å². The highest BCUT2D eigenvalue weighted by atomic mass is 32.1. The van der Waals surface area contributed by atoms with E-state index in [1.54, 1.807) is 11.3 Å². The third-order valence-corrected chi connectivity index (χ3v) is 4.21. The van der Waals surface area contributed by atoms with Gasteiger partial charge < -0.3 is 4.90 Å². The van der Waals surface area contributed by atoms with E-state index in [1.807, 2.05) is 13.1 Å². The van der Waals surface area contributed by atoms with Crippen molar-refractivity contribution in [3.8, 4) is 10.4 Å². The number of benzene rings is 1. The SMILES string of the molecule is Cc1ncc(-c2ccc(N3CCCC3)cc2)s1. The molecule has 0 radical (unpaired) electrons. The van der Waals surface area contributed by atoms with Crippen LogP contribution in [0, 0.1) is 6.92 Å². The largest absolute Gasteiger partial charge is 0.372 e. The maximum absolute atomic E-state index is 4.30. The van der Waals surface area contributed by atoms with Crippen LogP contribution in [0.4, 0.5) is 5.69 Å². The van der Waals surface area contributed by atoms with Gasteiger partial charge in [0.1, 0.15) is 0 Å². The smallest absolute Gasteiger partial charge is 0.0900 e. The van der Waals surface area contributed by atoms with Crippen molar-refractivity contribution in [1.29, 1.82) is 0 Å². The van der Waals surface area contributed by atoms with E-state index in [0.29, 0.717) is 0 Å². The molecular formula is C14H16N2S. The lowest BCUT2D eigenvalue weighted by atomic mass is 10.2. The lowest BCUT2D eigenvalue weighted by Crippen LogP contribution is -2.17. The lowest BCUT2D eigenvalue weighted by molar-refractivity contribution is 0.949. The monoisotopic (exact) mass is 244 g/mol. The summed E-state index contributed by atoms with van der Waals surface area (Å²) in [6, 6.07) is 8.88. The van der Waals surface area contributed by atoms with Crippen LogP contribution in [0.3, 0.4) is 0 Å². The molecule has 3 heteroatoms. The number of hydrogen-bond acceptors (Lipinski definition) is 3. The molecule has 1 saturated heterocycles. The molecule has 1 aromatic heterocycles. The summed E-state index contributed by atoms with van der Waals surface area (Å²) in [6.07, 6.45) is 4.62. The highest BCUT2D eigenvalue weighted by molar-refractivity contribution is 7.15. The van der Waals surface area contributed by atoms with E-state index in [1.165, 1.54) is 42.1 Å². The molecule has 0 atom stereocenters. The van der Waals surface area contributed by atoms with Crippen LogP contribution < -0.4 is 4.90 Å². The molecule has 0 N–H and O–H groups in total. The molecule has 2 nitrogen and oxygen atoms in total. The van der Waals surface area contributed by atoms with Crippen molar-refractivity contribution in [2.75, 3.05) is 18.0 Å². The molecule has 2 aromatic rings. The zero-order valence-corrected chi connectivity index (χ0v) is 10.8. The highest BCUT2D eigenvalue weighted by Gasteiger charge is 2.12. The summed E-state index contributed by atoms with van der Waals surface area (Å²) < 4.78 is 0. The molecule has 2 heterocycles. The Balaban J connectivity index is 1.84. The zero-order valence-electron chi connectivity index (χ0n) is 10.0. The van der Waals surface area contributed by atoms with Gasteiger partial charge in [-0.15, -0.1) is 11.3 Å². The van der Waals surface area contributed by atoms with E-state index in [4.69, 9.17) is 0 Å². The maximum Gasteiger partial charge on any atom is 0.0900 e. The average molecular weight is 244 g/mol. The first kappa shape index (κ1) is 10.8. The maximum atomic E-state index is 4.30. The van der Waals surface area contributed by atoms with Crippen LogP contribution in [0.5, 0.6) is 0 Å². The molecule has 1 fully saturated rings. The standard InChI is InChI=1S/C14H16N2S/c1-11-15-10-14(17-11)12-4-6-13(7-5-12)16-8-2-3-9-16/h4-7,10H,2-3,8-9H2,1H3. The van der Waals surface area contributed by atoms with Crippen molar-refractivity contribution in [3.63, 3.8) is 0 Å². The first-order valence-electron chi connectivity index (χ1n) is 6.11. The number of rotatable bonds is 2. The first-order valence-corrected chi connectivity index (χ1v) is 6.92. The summed E-state index contributed by atoms with van der Waals surface area (Å²) in [5, 5.41) is 1.13. The number of nitrogens with zero attached hydrogens (tertiary/aromatic N) is 2. The van der Waals surface area contributed by atoms with Gasteiger partial charge in [-0.25, -0.2) is 4.98 Å². The molecule has 0 aliphatic carbocycles. The molecule has 3 rings (SSSR count). The van der Waals surface area contributed by atoms with Crippen molar-refractivity contribution >= 4 is 17.0 Å². The molecule has 1 aromatic carbocycles. The second-order valence-corrected chi connectivity index (χ2v) is 5.72. The Kier molecular flexibility index (Phi) is 2.85. The van der Waals surface area contributed by atoms with Gasteiger partial charge in [0.05, 0.1) is 9.88 Å². The summed E-state index contributed by atoms with van der Waals surface area (Å²) in [7, 11) is 0. The third kappa shape index (κ3) is 2.20. The zero-order chi connectivity index (χ0) is 11.7. The van der Waals surface area contributed by atoms with Crippen LogP contribution in [0.2, 0.25) is 0 Å². The number of thiazole rings is 1. The number of aromatic nitrogens is 1. The van der Waals surface area contributed by atoms with Gasteiger partial charge in [0.2, 0.25) is 0 Å². The number of anilines is 1. The first-order chi connectivity index (χ1) is 8.33. The minimum absolute atomic E-state index is 1.13. The minimum atomic E-state index is 1.13. The number of hydrogen-bond donors (Lipinski definition) is 0. The quantitative estimate of drug-likeness (QED) is 0.800. The summed E-state index contributed by atoms with van der Waals surface area (Å²) in [5.74, 6) is 0. The fraction of sp³-hybridized carbons (Fsp3) is 0.357. The van der Waals surface area contributed by atoms with Gasteiger partial charge in [-0.05, 0) is 37.5 Å². The Bertz CT molecular complexity index is 495. The molecule has 0 bridgehead atoms. The molecule has 0 unspecified atom stereocenters. The Labute approximate surface area is 106 Å². The predicted molar refractivity (Wildman–Crippen MR) is 73.7 cm³/mol. The van der Waals surface area contributed by atoms with E-state index < -0.39 is 0 Å². The van der Waals surface area contributed by atoms with Gasteiger partial charge in [-0.3, -0.25) is 0 Å². The van der Waals surface area contributed by atoms with Crippen LogP contribution in [-0.4, -0.2) is 18.1 Å².